The zero-order valence-corrected chi connectivity index (χ0v) is 9.53. The molecule has 3 nitrogen and oxygen atoms in total. The number of aromatic amines is 1. The first-order valence-electron chi connectivity index (χ1n) is 5.61. The summed E-state index contributed by atoms with van der Waals surface area (Å²) in [6.07, 6.45) is 1.96. The lowest BCUT2D eigenvalue weighted by molar-refractivity contribution is 0.804. The van der Waals surface area contributed by atoms with Crippen molar-refractivity contribution in [3.8, 4) is 11.3 Å². The summed E-state index contributed by atoms with van der Waals surface area (Å²) in [5, 5.41) is 7.37. The standard InChI is InChI=1S/C13H17N3/c1-10-4-2-5-11(8-10)13-9-12(15-16-13)6-3-7-14/h2,4-5,8-9H,3,6-7,14H2,1H3,(H,15,16). The fraction of sp³-hybridized carbons (Fsp3) is 0.308. The lowest BCUT2D eigenvalue weighted by Crippen LogP contribution is -2.00. The highest BCUT2D eigenvalue weighted by Crippen LogP contribution is 2.19. The van der Waals surface area contributed by atoms with Crippen LogP contribution in [0.2, 0.25) is 0 Å². The van der Waals surface area contributed by atoms with Crippen LogP contribution in [0.3, 0.4) is 0 Å². The van der Waals surface area contributed by atoms with Crippen molar-refractivity contribution in [2.75, 3.05) is 6.54 Å². The van der Waals surface area contributed by atoms with Gasteiger partial charge in [0, 0.05) is 11.3 Å². The van der Waals surface area contributed by atoms with Gasteiger partial charge in [0.2, 0.25) is 0 Å². The molecule has 1 aromatic carbocycles. The monoisotopic (exact) mass is 215 g/mol. The van der Waals surface area contributed by atoms with Gasteiger partial charge in [0.25, 0.3) is 0 Å². The van der Waals surface area contributed by atoms with Crippen LogP contribution in [0.4, 0.5) is 0 Å². The minimum absolute atomic E-state index is 0.721. The summed E-state index contributed by atoms with van der Waals surface area (Å²) >= 11 is 0. The summed E-state index contributed by atoms with van der Waals surface area (Å²) in [6, 6.07) is 10.5. The molecule has 0 saturated carbocycles. The Morgan fingerprint density at radius 3 is 2.94 bits per heavy atom. The number of hydrogen-bond donors (Lipinski definition) is 2. The third-order valence-corrected chi connectivity index (χ3v) is 2.59. The largest absolute Gasteiger partial charge is 0.330 e. The van der Waals surface area contributed by atoms with Gasteiger partial charge < -0.3 is 5.73 Å². The lowest BCUT2D eigenvalue weighted by Gasteiger charge is -1.97. The number of nitrogens with two attached hydrogens (primary N) is 1. The molecule has 1 aromatic heterocycles. The molecule has 0 atom stereocenters. The fourth-order valence-corrected chi connectivity index (χ4v) is 1.73. The Balaban J connectivity index is 2.18. The quantitative estimate of drug-likeness (QED) is 0.822. The lowest BCUT2D eigenvalue weighted by atomic mass is 10.1. The maximum atomic E-state index is 5.48. The number of benzene rings is 1. The van der Waals surface area contributed by atoms with E-state index in [1.807, 2.05) is 0 Å². The van der Waals surface area contributed by atoms with Crippen LogP contribution in [-0.4, -0.2) is 16.7 Å². The second-order valence-electron chi connectivity index (χ2n) is 4.04. The topological polar surface area (TPSA) is 54.7 Å². The van der Waals surface area contributed by atoms with E-state index in [0.29, 0.717) is 0 Å². The van der Waals surface area contributed by atoms with E-state index >= 15 is 0 Å². The summed E-state index contributed by atoms with van der Waals surface area (Å²) in [7, 11) is 0. The number of aromatic nitrogens is 2. The molecule has 3 heteroatoms. The second kappa shape index (κ2) is 4.94. The molecule has 0 spiro atoms. The van der Waals surface area contributed by atoms with Gasteiger partial charge in [0.15, 0.2) is 0 Å². The fourth-order valence-electron chi connectivity index (χ4n) is 1.73. The Morgan fingerprint density at radius 1 is 1.31 bits per heavy atom. The normalized spacial score (nSPS) is 10.6. The van der Waals surface area contributed by atoms with E-state index in [0.717, 1.165) is 36.3 Å². The van der Waals surface area contributed by atoms with E-state index in [1.54, 1.807) is 0 Å². The first-order chi connectivity index (χ1) is 7.79. The van der Waals surface area contributed by atoms with Gasteiger partial charge in [-0.15, -0.1) is 0 Å². The molecule has 0 fully saturated rings. The van der Waals surface area contributed by atoms with E-state index in [4.69, 9.17) is 5.73 Å². The van der Waals surface area contributed by atoms with E-state index in [1.165, 1.54) is 5.56 Å². The summed E-state index contributed by atoms with van der Waals surface area (Å²) < 4.78 is 0. The Hall–Kier alpha value is -1.61. The summed E-state index contributed by atoms with van der Waals surface area (Å²) in [5.74, 6) is 0. The predicted octanol–water partition coefficient (Wildman–Crippen LogP) is 2.28. The number of H-pyrrole nitrogens is 1. The van der Waals surface area contributed by atoms with Crippen LogP contribution in [0.1, 0.15) is 17.7 Å². The average Bonchev–Trinajstić information content (AvgIpc) is 2.75. The molecule has 0 aliphatic rings. The van der Waals surface area contributed by atoms with Crippen LogP contribution in [0, 0.1) is 6.92 Å². The van der Waals surface area contributed by atoms with Crippen molar-refractivity contribution in [1.29, 1.82) is 0 Å². The molecule has 3 N–H and O–H groups in total. The van der Waals surface area contributed by atoms with Crippen LogP contribution in [0.25, 0.3) is 11.3 Å². The Kier molecular flexibility index (Phi) is 3.37. The molecule has 16 heavy (non-hydrogen) atoms. The van der Waals surface area contributed by atoms with Crippen LogP contribution >= 0.6 is 0 Å². The maximum absolute atomic E-state index is 5.48. The molecular weight excluding hydrogens is 198 g/mol. The highest BCUT2D eigenvalue weighted by Gasteiger charge is 2.03. The molecular formula is C13H17N3. The van der Waals surface area contributed by atoms with Gasteiger partial charge in [-0.25, -0.2) is 0 Å². The minimum Gasteiger partial charge on any atom is -0.330 e. The van der Waals surface area contributed by atoms with Crippen molar-refractivity contribution in [1.82, 2.24) is 10.2 Å². The highest BCUT2D eigenvalue weighted by atomic mass is 15.1. The van der Waals surface area contributed by atoms with Gasteiger partial charge in [-0.05, 0) is 38.4 Å². The Labute approximate surface area is 95.7 Å². The number of hydrogen-bond acceptors (Lipinski definition) is 2. The molecule has 2 aromatic rings. The number of rotatable bonds is 4. The van der Waals surface area contributed by atoms with Gasteiger partial charge in [0.1, 0.15) is 0 Å². The highest BCUT2D eigenvalue weighted by molar-refractivity contribution is 5.60. The molecule has 0 unspecified atom stereocenters. The smallest absolute Gasteiger partial charge is 0.0923 e. The molecule has 1 heterocycles. The summed E-state index contributed by atoms with van der Waals surface area (Å²) in [6.45, 7) is 2.81. The Bertz CT molecular complexity index is 460. The molecule has 0 aliphatic heterocycles. The molecule has 2 rings (SSSR count). The first-order valence-corrected chi connectivity index (χ1v) is 5.61. The van der Waals surface area contributed by atoms with Gasteiger partial charge >= 0.3 is 0 Å². The van der Waals surface area contributed by atoms with Crippen LogP contribution in [-0.2, 0) is 6.42 Å². The van der Waals surface area contributed by atoms with Crippen molar-refractivity contribution in [2.24, 2.45) is 5.73 Å². The van der Waals surface area contributed by atoms with Crippen LogP contribution in [0.5, 0.6) is 0 Å². The molecule has 0 radical (unpaired) electrons. The van der Waals surface area contributed by atoms with Gasteiger partial charge in [-0.2, -0.15) is 5.10 Å². The van der Waals surface area contributed by atoms with Crippen molar-refractivity contribution in [2.45, 2.75) is 19.8 Å². The van der Waals surface area contributed by atoms with Crippen molar-refractivity contribution in [3.05, 3.63) is 41.6 Å². The summed E-state index contributed by atoms with van der Waals surface area (Å²) in [4.78, 5) is 0. The van der Waals surface area contributed by atoms with E-state index in [2.05, 4.69) is 47.5 Å². The number of nitrogens with one attached hydrogen (secondary N) is 1. The second-order valence-corrected chi connectivity index (χ2v) is 4.04. The van der Waals surface area contributed by atoms with Crippen LogP contribution < -0.4 is 5.73 Å². The van der Waals surface area contributed by atoms with Crippen molar-refractivity contribution in [3.63, 3.8) is 0 Å². The van der Waals surface area contributed by atoms with Crippen molar-refractivity contribution >= 4 is 0 Å². The van der Waals surface area contributed by atoms with E-state index in [9.17, 15) is 0 Å². The third-order valence-electron chi connectivity index (χ3n) is 2.59. The molecule has 0 aliphatic carbocycles. The molecule has 84 valence electrons. The number of aryl methyl sites for hydroxylation is 2. The molecule has 0 saturated heterocycles. The van der Waals surface area contributed by atoms with Gasteiger partial charge in [0.05, 0.1) is 5.69 Å². The molecule has 0 bridgehead atoms. The maximum Gasteiger partial charge on any atom is 0.0923 e. The van der Waals surface area contributed by atoms with E-state index < -0.39 is 0 Å². The van der Waals surface area contributed by atoms with E-state index in [-0.39, 0.29) is 0 Å². The summed E-state index contributed by atoms with van der Waals surface area (Å²) in [5.41, 5.74) is 10.1. The number of nitrogens with zero attached hydrogens (tertiary/aromatic N) is 1. The van der Waals surface area contributed by atoms with Gasteiger partial charge in [-0.1, -0.05) is 23.8 Å². The average molecular weight is 215 g/mol. The Morgan fingerprint density at radius 2 is 2.19 bits per heavy atom. The SMILES string of the molecule is Cc1cccc(-c2cc(CCCN)[nH]n2)c1. The minimum atomic E-state index is 0.721. The molecule has 0 amide bonds. The zero-order valence-electron chi connectivity index (χ0n) is 9.53. The van der Waals surface area contributed by atoms with Gasteiger partial charge in [-0.3, -0.25) is 5.10 Å². The predicted molar refractivity (Wildman–Crippen MR) is 66.1 cm³/mol. The third kappa shape index (κ3) is 2.49. The van der Waals surface area contributed by atoms with Crippen LogP contribution in [0.15, 0.2) is 30.3 Å². The van der Waals surface area contributed by atoms with Crippen molar-refractivity contribution < 1.29 is 0 Å². The first kappa shape index (κ1) is 10.9. The zero-order chi connectivity index (χ0) is 11.4.